The monoisotopic (exact) mass is 282 g/mol. The molecule has 3 N–H and O–H groups in total. The molecule has 0 bridgehead atoms. The van der Waals surface area contributed by atoms with Crippen LogP contribution in [0.5, 0.6) is 11.5 Å². The van der Waals surface area contributed by atoms with Crippen molar-refractivity contribution >= 4 is 17.7 Å². The smallest absolute Gasteiger partial charge is 0.218 e. The SMILES string of the molecule is CSc1cc2c(cc1CNCCC(N)=O)OCCO2. The molecule has 104 valence electrons. The van der Waals surface area contributed by atoms with Crippen LogP contribution in [0.15, 0.2) is 17.0 Å². The number of thioether (sulfide) groups is 1. The van der Waals surface area contributed by atoms with Crippen LogP contribution < -0.4 is 20.5 Å². The molecule has 0 saturated heterocycles. The molecule has 0 fully saturated rings. The lowest BCUT2D eigenvalue weighted by Crippen LogP contribution is -2.22. The predicted octanol–water partition coefficient (Wildman–Crippen LogP) is 1.14. The molecule has 0 atom stereocenters. The zero-order valence-corrected chi connectivity index (χ0v) is 11.7. The fraction of sp³-hybridized carbons (Fsp3) is 0.462. The summed E-state index contributed by atoms with van der Waals surface area (Å²) < 4.78 is 11.1. The van der Waals surface area contributed by atoms with Crippen LogP contribution in [0.4, 0.5) is 0 Å². The highest BCUT2D eigenvalue weighted by molar-refractivity contribution is 7.98. The Kier molecular flexibility index (Phi) is 4.93. The molecule has 1 heterocycles. The molecule has 0 aromatic heterocycles. The molecule has 1 amide bonds. The summed E-state index contributed by atoms with van der Waals surface area (Å²) in [5.74, 6) is 1.30. The Bertz CT molecular complexity index is 465. The average Bonchev–Trinajstić information content (AvgIpc) is 2.42. The van der Waals surface area contributed by atoms with Crippen LogP contribution in [-0.4, -0.2) is 31.9 Å². The van der Waals surface area contributed by atoms with Gasteiger partial charge in [0.05, 0.1) is 0 Å². The second-order valence-electron chi connectivity index (χ2n) is 4.20. The minimum atomic E-state index is -0.292. The van der Waals surface area contributed by atoms with Gasteiger partial charge < -0.3 is 20.5 Å². The predicted molar refractivity (Wildman–Crippen MR) is 74.7 cm³/mol. The number of primary amides is 1. The lowest BCUT2D eigenvalue weighted by atomic mass is 10.2. The summed E-state index contributed by atoms with van der Waals surface area (Å²) >= 11 is 1.67. The molecule has 5 nitrogen and oxygen atoms in total. The molecule has 0 spiro atoms. The van der Waals surface area contributed by atoms with E-state index in [1.54, 1.807) is 11.8 Å². The summed E-state index contributed by atoms with van der Waals surface area (Å²) in [5, 5.41) is 3.20. The molecule has 0 aliphatic carbocycles. The molecule has 1 aliphatic heterocycles. The minimum absolute atomic E-state index is 0.292. The molecule has 6 heteroatoms. The van der Waals surface area contributed by atoms with Crippen molar-refractivity contribution in [3.8, 4) is 11.5 Å². The highest BCUT2D eigenvalue weighted by Crippen LogP contribution is 2.36. The molecule has 0 saturated carbocycles. The van der Waals surface area contributed by atoms with Crippen molar-refractivity contribution in [1.29, 1.82) is 0 Å². The molecule has 19 heavy (non-hydrogen) atoms. The first-order valence-corrected chi connectivity index (χ1v) is 7.38. The van der Waals surface area contributed by atoms with Crippen LogP contribution in [0.2, 0.25) is 0 Å². The van der Waals surface area contributed by atoms with E-state index >= 15 is 0 Å². The summed E-state index contributed by atoms with van der Waals surface area (Å²) in [6.07, 6.45) is 2.37. The molecule has 1 aliphatic rings. The van der Waals surface area contributed by atoms with Crippen molar-refractivity contribution in [1.82, 2.24) is 5.32 Å². The summed E-state index contributed by atoms with van der Waals surface area (Å²) in [6.45, 7) is 2.44. The van der Waals surface area contributed by atoms with Crippen molar-refractivity contribution in [3.05, 3.63) is 17.7 Å². The quantitative estimate of drug-likeness (QED) is 0.605. The first kappa shape index (κ1) is 14.0. The molecular weight excluding hydrogens is 264 g/mol. The molecular formula is C13H18N2O3S. The van der Waals surface area contributed by atoms with E-state index in [2.05, 4.69) is 5.32 Å². The van der Waals surface area contributed by atoms with Crippen molar-refractivity contribution in [2.24, 2.45) is 5.73 Å². The minimum Gasteiger partial charge on any atom is -0.486 e. The highest BCUT2D eigenvalue weighted by Gasteiger charge is 2.15. The van der Waals surface area contributed by atoms with Crippen LogP contribution >= 0.6 is 11.8 Å². The summed E-state index contributed by atoms with van der Waals surface area (Å²) in [7, 11) is 0. The van der Waals surface area contributed by atoms with Gasteiger partial charge in [0, 0.05) is 24.4 Å². The van der Waals surface area contributed by atoms with Gasteiger partial charge in [0.2, 0.25) is 5.91 Å². The van der Waals surface area contributed by atoms with E-state index in [-0.39, 0.29) is 5.91 Å². The van der Waals surface area contributed by atoms with Gasteiger partial charge in [0.25, 0.3) is 0 Å². The van der Waals surface area contributed by atoms with Crippen molar-refractivity contribution < 1.29 is 14.3 Å². The normalized spacial score (nSPS) is 13.3. The Morgan fingerprint density at radius 2 is 2.05 bits per heavy atom. The zero-order chi connectivity index (χ0) is 13.7. The number of ether oxygens (including phenoxy) is 2. The Morgan fingerprint density at radius 3 is 2.68 bits per heavy atom. The van der Waals surface area contributed by atoms with Gasteiger partial charge in [-0.05, 0) is 24.0 Å². The first-order valence-electron chi connectivity index (χ1n) is 6.16. The lowest BCUT2D eigenvalue weighted by Gasteiger charge is -2.20. The molecule has 0 radical (unpaired) electrons. The summed E-state index contributed by atoms with van der Waals surface area (Å²) in [5.41, 5.74) is 6.24. The number of rotatable bonds is 6. The number of amides is 1. The van der Waals surface area contributed by atoms with Gasteiger partial charge in [-0.3, -0.25) is 4.79 Å². The van der Waals surface area contributed by atoms with Gasteiger partial charge in [0.15, 0.2) is 11.5 Å². The maximum atomic E-state index is 10.7. The number of nitrogens with two attached hydrogens (primary N) is 1. The van der Waals surface area contributed by atoms with Gasteiger partial charge in [0.1, 0.15) is 13.2 Å². The third-order valence-electron chi connectivity index (χ3n) is 2.81. The van der Waals surface area contributed by atoms with Gasteiger partial charge in [-0.25, -0.2) is 0 Å². The van der Waals surface area contributed by atoms with E-state index in [9.17, 15) is 4.79 Å². The number of benzene rings is 1. The number of nitrogens with one attached hydrogen (secondary N) is 1. The fourth-order valence-electron chi connectivity index (χ4n) is 1.88. The standard InChI is InChI=1S/C13H18N2O3S/c1-19-12-7-11-10(17-4-5-18-11)6-9(12)8-15-3-2-13(14)16/h6-7,15H,2-5,8H2,1H3,(H2,14,16). The van der Waals surface area contributed by atoms with Gasteiger partial charge in [-0.15, -0.1) is 11.8 Å². The van der Waals surface area contributed by atoms with Crippen molar-refractivity contribution in [3.63, 3.8) is 0 Å². The fourth-order valence-corrected chi connectivity index (χ4v) is 2.49. The largest absolute Gasteiger partial charge is 0.486 e. The van der Waals surface area contributed by atoms with E-state index in [1.165, 1.54) is 0 Å². The maximum absolute atomic E-state index is 10.7. The molecule has 1 aromatic rings. The lowest BCUT2D eigenvalue weighted by molar-refractivity contribution is -0.117. The topological polar surface area (TPSA) is 73.6 Å². The second kappa shape index (κ2) is 6.68. The number of carbonyl (C=O) groups excluding carboxylic acids is 1. The Hall–Kier alpha value is -1.40. The zero-order valence-electron chi connectivity index (χ0n) is 10.9. The van der Waals surface area contributed by atoms with E-state index < -0.39 is 0 Å². The third kappa shape index (κ3) is 3.78. The van der Waals surface area contributed by atoms with E-state index in [0.717, 1.165) is 22.0 Å². The van der Waals surface area contributed by atoms with Crippen LogP contribution in [0, 0.1) is 0 Å². The molecule has 2 rings (SSSR count). The van der Waals surface area contributed by atoms with Crippen molar-refractivity contribution in [2.75, 3.05) is 26.0 Å². The number of carbonyl (C=O) groups is 1. The van der Waals surface area contributed by atoms with Gasteiger partial charge in [-0.2, -0.15) is 0 Å². The van der Waals surface area contributed by atoms with Crippen LogP contribution in [-0.2, 0) is 11.3 Å². The average molecular weight is 282 g/mol. The van der Waals surface area contributed by atoms with Crippen LogP contribution in [0.1, 0.15) is 12.0 Å². The second-order valence-corrected chi connectivity index (χ2v) is 5.05. The van der Waals surface area contributed by atoms with E-state index in [1.807, 2.05) is 18.4 Å². The first-order chi connectivity index (χ1) is 9.20. The molecule has 0 unspecified atom stereocenters. The summed E-state index contributed by atoms with van der Waals surface area (Å²) in [6, 6.07) is 4.00. The maximum Gasteiger partial charge on any atom is 0.218 e. The van der Waals surface area contributed by atoms with Gasteiger partial charge in [-0.1, -0.05) is 0 Å². The Morgan fingerprint density at radius 1 is 1.37 bits per heavy atom. The molecule has 1 aromatic carbocycles. The number of hydrogen-bond acceptors (Lipinski definition) is 5. The number of hydrogen-bond donors (Lipinski definition) is 2. The van der Waals surface area contributed by atoms with E-state index in [0.29, 0.717) is 32.7 Å². The van der Waals surface area contributed by atoms with E-state index in [4.69, 9.17) is 15.2 Å². The van der Waals surface area contributed by atoms with Crippen LogP contribution in [0.25, 0.3) is 0 Å². The Labute approximate surface area is 116 Å². The van der Waals surface area contributed by atoms with Crippen LogP contribution in [0.3, 0.4) is 0 Å². The van der Waals surface area contributed by atoms with Gasteiger partial charge >= 0.3 is 0 Å². The third-order valence-corrected chi connectivity index (χ3v) is 3.63. The Balaban J connectivity index is 2.04. The summed E-state index contributed by atoms with van der Waals surface area (Å²) in [4.78, 5) is 11.8. The van der Waals surface area contributed by atoms with Crippen molar-refractivity contribution in [2.45, 2.75) is 17.9 Å². The number of fused-ring (bicyclic) bond motifs is 1. The highest BCUT2D eigenvalue weighted by atomic mass is 32.2.